The van der Waals surface area contributed by atoms with E-state index in [4.69, 9.17) is 16.3 Å². The Morgan fingerprint density at radius 3 is 2.30 bits per heavy atom. The predicted octanol–water partition coefficient (Wildman–Crippen LogP) is 3.92. The summed E-state index contributed by atoms with van der Waals surface area (Å²) < 4.78 is 5.06. The Hall–Kier alpha value is -1.22. The molecule has 0 saturated carbocycles. The monoisotopic (exact) mass is 298 g/mol. The van der Waals surface area contributed by atoms with Crippen molar-refractivity contribution in [3.05, 3.63) is 27.8 Å². The molecule has 1 aromatic carbocycles. The summed E-state index contributed by atoms with van der Waals surface area (Å²) in [5.41, 5.74) is 3.99. The number of carbonyl (C=O) groups is 1. The first-order chi connectivity index (χ1) is 9.49. The van der Waals surface area contributed by atoms with Crippen molar-refractivity contribution in [2.24, 2.45) is 0 Å². The van der Waals surface area contributed by atoms with Gasteiger partial charge >= 0.3 is 5.97 Å². The van der Waals surface area contributed by atoms with Gasteiger partial charge in [-0.15, -0.1) is 11.6 Å². The quantitative estimate of drug-likeness (QED) is 0.639. The van der Waals surface area contributed by atoms with Crippen molar-refractivity contribution in [2.75, 3.05) is 12.5 Å². The Bertz CT molecular complexity index is 462. The molecule has 4 heteroatoms. The molecule has 0 heterocycles. The lowest BCUT2D eigenvalue weighted by Gasteiger charge is -2.19. The molecule has 0 bridgehead atoms. The molecule has 0 fully saturated rings. The van der Waals surface area contributed by atoms with Crippen molar-refractivity contribution in [3.8, 4) is 5.75 Å². The zero-order valence-electron chi connectivity index (χ0n) is 12.7. The Kier molecular flexibility index (Phi) is 6.34. The third-order valence-corrected chi connectivity index (χ3v) is 3.77. The third kappa shape index (κ3) is 3.26. The summed E-state index contributed by atoms with van der Waals surface area (Å²) in [5.74, 6) is 0.0922. The van der Waals surface area contributed by atoms with Crippen LogP contribution in [0, 0.1) is 13.8 Å². The molecule has 0 radical (unpaired) electrons. The number of aromatic hydroxyl groups is 1. The van der Waals surface area contributed by atoms with Gasteiger partial charge in [-0.1, -0.05) is 13.3 Å². The second-order valence-corrected chi connectivity index (χ2v) is 5.22. The second kappa shape index (κ2) is 7.53. The van der Waals surface area contributed by atoms with Gasteiger partial charge < -0.3 is 9.84 Å². The smallest absolute Gasteiger partial charge is 0.342 e. The van der Waals surface area contributed by atoms with Crippen LogP contribution in [-0.4, -0.2) is 23.6 Å². The van der Waals surface area contributed by atoms with Crippen molar-refractivity contribution < 1.29 is 14.6 Å². The van der Waals surface area contributed by atoms with E-state index in [1.807, 2.05) is 20.8 Å². The van der Waals surface area contributed by atoms with Crippen LogP contribution in [0.4, 0.5) is 0 Å². The maximum atomic E-state index is 12.1. The molecule has 0 atom stereocenters. The number of alkyl halides is 1. The zero-order valence-corrected chi connectivity index (χ0v) is 13.4. The number of benzene rings is 1. The standard InChI is InChI=1S/C16H23ClO3/c1-5-7-13-10(3)12(8-9-17)11(4)14(15(13)18)16(19)20-6-2/h18H,5-9H2,1-4H3. The first-order valence-electron chi connectivity index (χ1n) is 7.06. The van der Waals surface area contributed by atoms with Gasteiger partial charge in [0.15, 0.2) is 0 Å². The fraction of sp³-hybridized carbons (Fsp3) is 0.562. The number of rotatable bonds is 6. The molecule has 0 aliphatic rings. The largest absolute Gasteiger partial charge is 0.507 e. The van der Waals surface area contributed by atoms with E-state index in [9.17, 15) is 9.90 Å². The molecular formula is C16H23ClO3. The van der Waals surface area contributed by atoms with E-state index in [0.717, 1.165) is 35.1 Å². The van der Waals surface area contributed by atoms with Gasteiger partial charge in [0, 0.05) is 5.88 Å². The first-order valence-corrected chi connectivity index (χ1v) is 7.59. The summed E-state index contributed by atoms with van der Waals surface area (Å²) in [5, 5.41) is 10.4. The molecule has 3 nitrogen and oxygen atoms in total. The summed E-state index contributed by atoms with van der Waals surface area (Å²) in [6.07, 6.45) is 2.32. The molecule has 0 unspecified atom stereocenters. The number of ether oxygens (including phenoxy) is 1. The minimum absolute atomic E-state index is 0.0682. The highest BCUT2D eigenvalue weighted by molar-refractivity contribution is 6.18. The van der Waals surface area contributed by atoms with E-state index in [0.29, 0.717) is 24.5 Å². The minimum atomic E-state index is -0.462. The van der Waals surface area contributed by atoms with E-state index in [1.54, 1.807) is 6.92 Å². The first kappa shape index (κ1) is 16.8. The number of phenolic OH excluding ortho intramolecular Hbond substituents is 1. The number of carbonyl (C=O) groups excluding carboxylic acids is 1. The van der Waals surface area contributed by atoms with Crippen LogP contribution in [0.2, 0.25) is 0 Å². The third-order valence-electron chi connectivity index (χ3n) is 3.58. The predicted molar refractivity (Wildman–Crippen MR) is 82.0 cm³/mol. The van der Waals surface area contributed by atoms with Gasteiger partial charge in [-0.2, -0.15) is 0 Å². The lowest BCUT2D eigenvalue weighted by atomic mass is 9.88. The van der Waals surface area contributed by atoms with Crippen LogP contribution in [0.15, 0.2) is 0 Å². The Labute approximate surface area is 125 Å². The van der Waals surface area contributed by atoms with Crippen LogP contribution in [0.3, 0.4) is 0 Å². The van der Waals surface area contributed by atoms with Crippen LogP contribution in [0.1, 0.15) is 52.9 Å². The van der Waals surface area contributed by atoms with Crippen LogP contribution in [-0.2, 0) is 17.6 Å². The maximum Gasteiger partial charge on any atom is 0.342 e. The van der Waals surface area contributed by atoms with Crippen molar-refractivity contribution in [1.82, 2.24) is 0 Å². The van der Waals surface area contributed by atoms with Crippen molar-refractivity contribution in [3.63, 3.8) is 0 Å². The molecule has 1 N–H and O–H groups in total. The van der Waals surface area contributed by atoms with Gasteiger partial charge in [-0.25, -0.2) is 4.79 Å². The molecule has 0 saturated heterocycles. The van der Waals surface area contributed by atoms with Crippen molar-refractivity contribution >= 4 is 17.6 Å². The summed E-state index contributed by atoms with van der Waals surface area (Å²) >= 11 is 5.86. The van der Waals surface area contributed by atoms with E-state index >= 15 is 0 Å². The number of halogens is 1. The van der Waals surface area contributed by atoms with Gasteiger partial charge in [-0.05, 0) is 55.9 Å². The molecule has 0 aliphatic carbocycles. The summed E-state index contributed by atoms with van der Waals surface area (Å²) in [6.45, 7) is 7.92. The molecule has 0 spiro atoms. The molecule has 0 aliphatic heterocycles. The summed E-state index contributed by atoms with van der Waals surface area (Å²) in [6, 6.07) is 0. The average Bonchev–Trinajstić information content (AvgIpc) is 2.40. The van der Waals surface area contributed by atoms with Crippen LogP contribution in [0.5, 0.6) is 5.75 Å². The number of phenols is 1. The maximum absolute atomic E-state index is 12.1. The molecule has 0 aromatic heterocycles. The topological polar surface area (TPSA) is 46.5 Å². The molecule has 1 aromatic rings. The molecule has 1 rings (SSSR count). The van der Waals surface area contributed by atoms with Gasteiger partial charge in [0.05, 0.1) is 6.61 Å². The van der Waals surface area contributed by atoms with E-state index in [-0.39, 0.29) is 5.75 Å². The Balaban J connectivity index is 3.52. The Morgan fingerprint density at radius 2 is 1.80 bits per heavy atom. The second-order valence-electron chi connectivity index (χ2n) is 4.84. The van der Waals surface area contributed by atoms with Gasteiger partial charge in [0.2, 0.25) is 0 Å². The highest BCUT2D eigenvalue weighted by atomic mass is 35.5. The highest BCUT2D eigenvalue weighted by Crippen LogP contribution is 2.34. The number of hydrogen-bond acceptors (Lipinski definition) is 3. The average molecular weight is 299 g/mol. The molecular weight excluding hydrogens is 276 g/mol. The molecule has 0 amide bonds. The molecule has 112 valence electrons. The van der Waals surface area contributed by atoms with Crippen LogP contribution in [0.25, 0.3) is 0 Å². The normalized spacial score (nSPS) is 10.7. The number of esters is 1. The van der Waals surface area contributed by atoms with Crippen LogP contribution < -0.4 is 0 Å². The van der Waals surface area contributed by atoms with Gasteiger partial charge in [0.1, 0.15) is 11.3 Å². The van der Waals surface area contributed by atoms with Crippen molar-refractivity contribution in [2.45, 2.75) is 47.0 Å². The van der Waals surface area contributed by atoms with Crippen molar-refractivity contribution in [1.29, 1.82) is 0 Å². The fourth-order valence-corrected chi connectivity index (χ4v) is 2.79. The van der Waals surface area contributed by atoms with Gasteiger partial charge in [-0.3, -0.25) is 0 Å². The fourth-order valence-electron chi connectivity index (χ4n) is 2.60. The SMILES string of the molecule is CCCc1c(C)c(CCCl)c(C)c(C(=O)OCC)c1O. The van der Waals surface area contributed by atoms with E-state index < -0.39 is 5.97 Å². The summed E-state index contributed by atoms with van der Waals surface area (Å²) in [7, 11) is 0. The van der Waals surface area contributed by atoms with E-state index in [1.165, 1.54) is 0 Å². The lowest BCUT2D eigenvalue weighted by molar-refractivity contribution is 0.0522. The zero-order chi connectivity index (χ0) is 15.3. The minimum Gasteiger partial charge on any atom is -0.507 e. The van der Waals surface area contributed by atoms with E-state index in [2.05, 4.69) is 0 Å². The highest BCUT2D eigenvalue weighted by Gasteiger charge is 2.23. The lowest BCUT2D eigenvalue weighted by Crippen LogP contribution is -2.12. The Morgan fingerprint density at radius 1 is 1.15 bits per heavy atom. The van der Waals surface area contributed by atoms with Crippen LogP contribution >= 0.6 is 11.6 Å². The molecule has 20 heavy (non-hydrogen) atoms. The van der Waals surface area contributed by atoms with Gasteiger partial charge in [0.25, 0.3) is 0 Å². The summed E-state index contributed by atoms with van der Waals surface area (Å²) in [4.78, 5) is 12.1. The number of hydrogen-bond donors (Lipinski definition) is 1.